The van der Waals surface area contributed by atoms with E-state index in [4.69, 9.17) is 4.74 Å². The van der Waals surface area contributed by atoms with Crippen molar-refractivity contribution in [3.05, 3.63) is 29.8 Å². The maximum Gasteiger partial charge on any atom is 0.242 e. The minimum atomic E-state index is 0.470. The topological polar surface area (TPSA) is 76.9 Å². The molecular formula is C16H24N6O. The second-order valence-electron chi connectivity index (χ2n) is 5.83. The summed E-state index contributed by atoms with van der Waals surface area (Å²) < 4.78 is 7.47. The lowest BCUT2D eigenvalue weighted by Crippen LogP contribution is -2.26. The molecule has 7 nitrogen and oxygen atoms in total. The van der Waals surface area contributed by atoms with Gasteiger partial charge in [-0.05, 0) is 53.9 Å². The van der Waals surface area contributed by atoms with Gasteiger partial charge in [0.25, 0.3) is 0 Å². The summed E-state index contributed by atoms with van der Waals surface area (Å²) in [6, 6.07) is 8.90. The number of aryl methyl sites for hydroxylation is 1. The molecule has 2 N–H and O–H groups in total. The van der Waals surface area contributed by atoms with Crippen LogP contribution in [0.3, 0.4) is 0 Å². The number of benzene rings is 1. The standard InChI is InChI=1S/C16H24N6O/c1-22-16(19-20-21-22)18-10-5-11-23-14-7-4-6-13(12-14)15-8-2-3-9-17-15/h4,6-7,12,15,17H,2-3,5,8-11H2,1H3,(H,18,19,21). The van der Waals surface area contributed by atoms with E-state index in [2.05, 4.69) is 44.4 Å². The number of nitrogens with one attached hydrogen (secondary N) is 2. The molecule has 2 heterocycles. The summed E-state index contributed by atoms with van der Waals surface area (Å²) in [5, 5.41) is 18.0. The van der Waals surface area contributed by atoms with Gasteiger partial charge in [0.15, 0.2) is 0 Å². The largest absolute Gasteiger partial charge is 0.494 e. The average molecular weight is 316 g/mol. The maximum atomic E-state index is 5.86. The second-order valence-corrected chi connectivity index (χ2v) is 5.83. The van der Waals surface area contributed by atoms with Crippen LogP contribution in [0.15, 0.2) is 24.3 Å². The van der Waals surface area contributed by atoms with Crippen molar-refractivity contribution in [2.75, 3.05) is 25.0 Å². The molecule has 7 heteroatoms. The minimum Gasteiger partial charge on any atom is -0.494 e. The second kappa shape index (κ2) is 7.92. The van der Waals surface area contributed by atoms with E-state index in [1.807, 2.05) is 13.1 Å². The zero-order valence-corrected chi connectivity index (χ0v) is 13.5. The Morgan fingerprint density at radius 1 is 1.39 bits per heavy atom. The monoisotopic (exact) mass is 316 g/mol. The molecule has 1 atom stereocenters. The lowest BCUT2D eigenvalue weighted by Gasteiger charge is -2.24. The van der Waals surface area contributed by atoms with Crippen LogP contribution in [0.2, 0.25) is 0 Å². The Morgan fingerprint density at radius 3 is 3.13 bits per heavy atom. The average Bonchev–Trinajstić information content (AvgIpc) is 3.01. The number of piperidine rings is 1. The number of ether oxygens (including phenoxy) is 1. The molecule has 1 unspecified atom stereocenters. The van der Waals surface area contributed by atoms with Gasteiger partial charge < -0.3 is 15.4 Å². The minimum absolute atomic E-state index is 0.470. The van der Waals surface area contributed by atoms with Crippen LogP contribution < -0.4 is 15.4 Å². The van der Waals surface area contributed by atoms with E-state index in [0.29, 0.717) is 18.6 Å². The quantitative estimate of drug-likeness (QED) is 0.760. The number of aromatic nitrogens is 4. The fourth-order valence-electron chi connectivity index (χ4n) is 2.80. The van der Waals surface area contributed by atoms with Gasteiger partial charge >= 0.3 is 0 Å². The Morgan fingerprint density at radius 2 is 2.35 bits per heavy atom. The summed E-state index contributed by atoms with van der Waals surface area (Å²) in [5.41, 5.74) is 1.32. The fourth-order valence-corrected chi connectivity index (χ4v) is 2.80. The fraction of sp³-hybridized carbons (Fsp3) is 0.562. The highest BCUT2D eigenvalue weighted by Gasteiger charge is 2.14. The molecule has 1 aromatic carbocycles. The third kappa shape index (κ3) is 4.41. The van der Waals surface area contributed by atoms with E-state index < -0.39 is 0 Å². The van der Waals surface area contributed by atoms with Gasteiger partial charge in [0.05, 0.1) is 6.61 Å². The molecule has 0 aliphatic carbocycles. The van der Waals surface area contributed by atoms with Crippen molar-refractivity contribution in [2.24, 2.45) is 7.05 Å². The Kier molecular flexibility index (Phi) is 5.42. The van der Waals surface area contributed by atoms with Crippen LogP contribution in [0.5, 0.6) is 5.75 Å². The van der Waals surface area contributed by atoms with Gasteiger partial charge in [-0.2, -0.15) is 0 Å². The van der Waals surface area contributed by atoms with Crippen LogP contribution in [0.4, 0.5) is 5.95 Å². The molecule has 0 amide bonds. The summed E-state index contributed by atoms with van der Waals surface area (Å²) in [7, 11) is 1.81. The van der Waals surface area contributed by atoms with Crippen LogP contribution in [0.25, 0.3) is 0 Å². The summed E-state index contributed by atoms with van der Waals surface area (Å²) in [5.74, 6) is 1.62. The highest BCUT2D eigenvalue weighted by molar-refractivity contribution is 5.30. The van der Waals surface area contributed by atoms with Crippen molar-refractivity contribution in [2.45, 2.75) is 31.7 Å². The molecule has 2 aromatic rings. The third-order valence-corrected chi connectivity index (χ3v) is 4.06. The van der Waals surface area contributed by atoms with Crippen molar-refractivity contribution < 1.29 is 4.74 Å². The van der Waals surface area contributed by atoms with E-state index in [-0.39, 0.29) is 0 Å². The first-order valence-corrected chi connectivity index (χ1v) is 8.25. The molecule has 0 bridgehead atoms. The van der Waals surface area contributed by atoms with Crippen molar-refractivity contribution in [1.29, 1.82) is 0 Å². The smallest absolute Gasteiger partial charge is 0.242 e. The van der Waals surface area contributed by atoms with Gasteiger partial charge in [0.2, 0.25) is 5.95 Å². The SMILES string of the molecule is Cn1nnnc1NCCCOc1cccc(C2CCCCN2)c1. The predicted octanol–water partition coefficient (Wildman–Crippen LogP) is 1.91. The first-order chi connectivity index (χ1) is 11.3. The predicted molar refractivity (Wildman–Crippen MR) is 88.4 cm³/mol. The molecule has 3 rings (SSSR count). The van der Waals surface area contributed by atoms with Gasteiger partial charge in [0.1, 0.15) is 5.75 Å². The number of hydrogen-bond acceptors (Lipinski definition) is 6. The number of nitrogens with zero attached hydrogens (tertiary/aromatic N) is 4. The molecule has 0 saturated carbocycles. The zero-order valence-electron chi connectivity index (χ0n) is 13.5. The molecule has 0 radical (unpaired) electrons. The first-order valence-electron chi connectivity index (χ1n) is 8.25. The molecule has 1 aliphatic rings. The van der Waals surface area contributed by atoms with Gasteiger partial charge in [-0.15, -0.1) is 0 Å². The van der Waals surface area contributed by atoms with Gasteiger partial charge in [-0.1, -0.05) is 23.7 Å². The molecule has 1 aliphatic heterocycles. The lowest BCUT2D eigenvalue weighted by molar-refractivity contribution is 0.313. The Labute approximate surface area is 136 Å². The van der Waals surface area contributed by atoms with E-state index in [0.717, 1.165) is 25.3 Å². The van der Waals surface area contributed by atoms with Gasteiger partial charge in [0, 0.05) is 19.6 Å². The van der Waals surface area contributed by atoms with Crippen molar-refractivity contribution in [1.82, 2.24) is 25.5 Å². The first kappa shape index (κ1) is 15.7. The van der Waals surface area contributed by atoms with Crippen LogP contribution in [-0.4, -0.2) is 39.9 Å². The number of rotatable bonds is 7. The highest BCUT2D eigenvalue weighted by Crippen LogP contribution is 2.25. The van der Waals surface area contributed by atoms with Crippen LogP contribution in [-0.2, 0) is 7.05 Å². The number of tetrazole rings is 1. The van der Waals surface area contributed by atoms with Crippen LogP contribution in [0.1, 0.15) is 37.3 Å². The van der Waals surface area contributed by atoms with E-state index in [1.165, 1.54) is 24.8 Å². The molecule has 124 valence electrons. The molecular weight excluding hydrogens is 292 g/mol. The Bertz CT molecular complexity index is 608. The highest BCUT2D eigenvalue weighted by atomic mass is 16.5. The maximum absolute atomic E-state index is 5.86. The summed E-state index contributed by atoms with van der Waals surface area (Å²) in [6.07, 6.45) is 4.67. The van der Waals surface area contributed by atoms with Crippen LogP contribution >= 0.6 is 0 Å². The molecule has 23 heavy (non-hydrogen) atoms. The Balaban J connectivity index is 1.42. The summed E-state index contributed by atoms with van der Waals surface area (Å²) in [6.45, 7) is 2.55. The molecule has 1 saturated heterocycles. The number of hydrogen-bond donors (Lipinski definition) is 2. The van der Waals surface area contributed by atoms with Gasteiger partial charge in [-0.25, -0.2) is 4.68 Å². The van der Waals surface area contributed by atoms with Crippen molar-refractivity contribution >= 4 is 5.95 Å². The molecule has 1 aromatic heterocycles. The lowest BCUT2D eigenvalue weighted by atomic mass is 9.97. The van der Waals surface area contributed by atoms with E-state index >= 15 is 0 Å². The Hall–Kier alpha value is -2.15. The van der Waals surface area contributed by atoms with E-state index in [1.54, 1.807) is 4.68 Å². The third-order valence-electron chi connectivity index (χ3n) is 4.06. The number of anilines is 1. The van der Waals surface area contributed by atoms with Crippen molar-refractivity contribution in [3.8, 4) is 5.75 Å². The molecule has 1 fully saturated rings. The summed E-state index contributed by atoms with van der Waals surface area (Å²) >= 11 is 0. The normalized spacial score (nSPS) is 17.9. The van der Waals surface area contributed by atoms with Crippen LogP contribution in [0, 0.1) is 0 Å². The summed E-state index contributed by atoms with van der Waals surface area (Å²) in [4.78, 5) is 0. The zero-order chi connectivity index (χ0) is 15.9. The van der Waals surface area contributed by atoms with Crippen molar-refractivity contribution in [3.63, 3.8) is 0 Å². The van der Waals surface area contributed by atoms with E-state index in [9.17, 15) is 0 Å². The molecule has 0 spiro atoms. The van der Waals surface area contributed by atoms with Gasteiger partial charge in [-0.3, -0.25) is 0 Å².